The first-order chi connectivity index (χ1) is 32.9. The molecule has 4 aromatic carbocycles. The number of ether oxygens (including phenoxy) is 1. The second kappa shape index (κ2) is 24.8. The minimum atomic E-state index is -1.22. The van der Waals surface area contributed by atoms with Crippen molar-refractivity contribution >= 4 is 41.4 Å². The molecule has 0 saturated carbocycles. The Bertz CT molecular complexity index is 2520. The number of benzene rings is 4. The van der Waals surface area contributed by atoms with Gasteiger partial charge < -0.3 is 47.1 Å². The minimum absolute atomic E-state index is 0.00706. The van der Waals surface area contributed by atoms with E-state index >= 15 is 0 Å². The molecule has 1 fully saturated rings. The molecule has 9 N–H and O–H groups in total. The number of quaternary nitrogens is 1. The van der Waals surface area contributed by atoms with Gasteiger partial charge >= 0.3 is 5.97 Å². The monoisotopic (exact) mass is 924 g/mol. The Morgan fingerprint density at radius 3 is 2.25 bits per heavy atom. The summed E-state index contributed by atoms with van der Waals surface area (Å²) in [7, 11) is 0. The summed E-state index contributed by atoms with van der Waals surface area (Å²) in [6.07, 6.45) is 3.52. The standard InChI is InChI=1S/C52H57N7O9/c53-25-29-68-30-27-55-49(65)43-23-26-54-45(60)20-21-47(62)59-28-6-24-52(35-59,33-38-7-2-1-3-8-38)51(67)58-44(50(66)56-34-42-10-5-4-9-41(42)32-46(61)57-43)31-37-13-18-40(19-14-37)39-16-11-36(12-17-39)15-22-48(63)64/h1-5,7-14,16-21,43-44H,6,23-35,53H2,(H,54,60)(H,55,65)(H,56,66)(H,57,61)(H,58,67)(H,63,64)/p+1/b21-20+/t43-,44-,52-/m0/s1. The fraction of sp³-hybridized carbons (Fsp3) is 0.327. The first kappa shape index (κ1) is 49.8. The molecular formula is C52H58N7O9+. The molecule has 6 amide bonds. The van der Waals surface area contributed by atoms with Crippen LogP contribution >= 0.6 is 0 Å². The molecule has 4 aromatic rings. The number of amides is 6. The minimum Gasteiger partial charge on any atom is -0.472 e. The van der Waals surface area contributed by atoms with Gasteiger partial charge in [0.15, 0.2) is 0 Å². The molecule has 68 heavy (non-hydrogen) atoms. The Balaban J connectivity index is 1.30. The van der Waals surface area contributed by atoms with Gasteiger partial charge in [-0.15, -0.1) is 0 Å². The maximum atomic E-state index is 14.9. The van der Waals surface area contributed by atoms with Crippen LogP contribution < -0.4 is 32.3 Å². The van der Waals surface area contributed by atoms with Crippen LogP contribution in [0.4, 0.5) is 0 Å². The van der Waals surface area contributed by atoms with Gasteiger partial charge in [0.1, 0.15) is 12.1 Å². The van der Waals surface area contributed by atoms with Crippen molar-refractivity contribution in [3.8, 4) is 23.0 Å². The van der Waals surface area contributed by atoms with Gasteiger partial charge in [0.05, 0.1) is 31.6 Å². The fourth-order valence-corrected chi connectivity index (χ4v) is 8.30. The Morgan fingerprint density at radius 1 is 0.824 bits per heavy atom. The van der Waals surface area contributed by atoms with E-state index in [0.717, 1.165) is 34.4 Å². The molecule has 16 heteroatoms. The van der Waals surface area contributed by atoms with Crippen molar-refractivity contribution in [1.29, 1.82) is 0 Å². The van der Waals surface area contributed by atoms with E-state index in [1.54, 1.807) is 41.3 Å². The lowest BCUT2D eigenvalue weighted by atomic mass is 9.74. The summed E-state index contributed by atoms with van der Waals surface area (Å²) in [5.74, 6) is 0.667. The lowest BCUT2D eigenvalue weighted by Gasteiger charge is -2.42. The fourth-order valence-electron chi connectivity index (χ4n) is 8.30. The number of nitrogens with one attached hydrogen (secondary N) is 5. The van der Waals surface area contributed by atoms with Crippen LogP contribution in [0.15, 0.2) is 115 Å². The number of aliphatic carboxylic acids is 1. The Labute approximate surface area is 395 Å². The predicted molar refractivity (Wildman–Crippen MR) is 253 cm³/mol. The average Bonchev–Trinajstić information content (AvgIpc) is 3.34. The van der Waals surface area contributed by atoms with Crippen molar-refractivity contribution in [2.24, 2.45) is 5.41 Å². The largest absolute Gasteiger partial charge is 0.472 e. The number of carbonyl (C=O) groups is 7. The lowest BCUT2D eigenvalue weighted by Crippen LogP contribution is -2.58. The first-order valence-corrected chi connectivity index (χ1v) is 22.7. The van der Waals surface area contributed by atoms with Gasteiger partial charge in [-0.25, -0.2) is 4.79 Å². The number of nitrogens with zero attached hydrogens (tertiary/aromatic N) is 1. The van der Waals surface area contributed by atoms with Crippen LogP contribution in [-0.4, -0.2) is 109 Å². The normalized spacial score (nSPS) is 20.0. The van der Waals surface area contributed by atoms with Gasteiger partial charge in [-0.1, -0.05) is 96.9 Å². The molecule has 6 rings (SSSR count). The summed E-state index contributed by atoms with van der Waals surface area (Å²) in [5.41, 5.74) is 7.77. The third-order valence-corrected chi connectivity index (χ3v) is 11.8. The van der Waals surface area contributed by atoms with E-state index < -0.39 is 58.9 Å². The molecular weight excluding hydrogens is 867 g/mol. The number of hydrogen-bond acceptors (Lipinski definition) is 8. The number of hydrogen-bond donors (Lipinski definition) is 7. The second-order valence-corrected chi connectivity index (χ2v) is 16.8. The van der Waals surface area contributed by atoms with Gasteiger partial charge in [0.2, 0.25) is 35.4 Å². The smallest absolute Gasteiger partial charge is 0.382 e. The van der Waals surface area contributed by atoms with Gasteiger partial charge in [0, 0.05) is 62.8 Å². The summed E-state index contributed by atoms with van der Waals surface area (Å²) in [6.45, 7) is 1.87. The number of piperidine rings is 1. The first-order valence-electron chi connectivity index (χ1n) is 22.7. The van der Waals surface area contributed by atoms with Crippen LogP contribution in [0.1, 0.15) is 47.1 Å². The number of rotatable bonds is 11. The molecule has 354 valence electrons. The predicted octanol–water partition coefficient (Wildman–Crippen LogP) is 1.46. The van der Waals surface area contributed by atoms with E-state index in [0.29, 0.717) is 49.2 Å². The van der Waals surface area contributed by atoms with Crippen molar-refractivity contribution in [3.63, 3.8) is 0 Å². The van der Waals surface area contributed by atoms with Crippen molar-refractivity contribution in [2.75, 3.05) is 45.9 Å². The summed E-state index contributed by atoms with van der Waals surface area (Å²) in [5, 5.41) is 23.3. The zero-order valence-electron chi connectivity index (χ0n) is 37.9. The molecule has 16 nitrogen and oxygen atoms in total. The Morgan fingerprint density at radius 2 is 1.53 bits per heavy atom. The maximum Gasteiger partial charge on any atom is 0.382 e. The summed E-state index contributed by atoms with van der Waals surface area (Å²) in [4.78, 5) is 95.5. The number of carbonyl (C=O) groups excluding carboxylic acids is 6. The van der Waals surface area contributed by atoms with Crippen molar-refractivity contribution in [1.82, 2.24) is 31.5 Å². The van der Waals surface area contributed by atoms with E-state index in [1.807, 2.05) is 66.7 Å². The molecule has 0 radical (unpaired) electrons. The van der Waals surface area contributed by atoms with Gasteiger partial charge in [-0.2, -0.15) is 0 Å². The summed E-state index contributed by atoms with van der Waals surface area (Å²) < 4.78 is 5.43. The second-order valence-electron chi connectivity index (χ2n) is 16.8. The zero-order chi connectivity index (χ0) is 48.3. The third-order valence-electron chi connectivity index (χ3n) is 11.8. The average molecular weight is 925 g/mol. The van der Waals surface area contributed by atoms with Crippen LogP contribution in [-0.2, 0) is 64.1 Å². The lowest BCUT2D eigenvalue weighted by molar-refractivity contribution is -0.374. The molecule has 2 bridgehead atoms. The van der Waals surface area contributed by atoms with E-state index in [1.165, 1.54) is 0 Å². The van der Waals surface area contributed by atoms with E-state index in [-0.39, 0.29) is 58.5 Å². The Kier molecular flexibility index (Phi) is 18.2. The quantitative estimate of drug-likeness (QED) is 0.0851. The highest BCUT2D eigenvalue weighted by molar-refractivity contribution is 5.97. The summed E-state index contributed by atoms with van der Waals surface area (Å²) in [6, 6.07) is 29.2. The van der Waals surface area contributed by atoms with Crippen LogP contribution in [0, 0.1) is 17.3 Å². The zero-order valence-corrected chi connectivity index (χ0v) is 37.9. The van der Waals surface area contributed by atoms with Gasteiger partial charge in [-0.3, -0.25) is 28.8 Å². The van der Waals surface area contributed by atoms with Crippen LogP contribution in [0.5, 0.6) is 0 Å². The molecule has 0 spiro atoms. The highest BCUT2D eigenvalue weighted by Crippen LogP contribution is 2.35. The highest BCUT2D eigenvalue weighted by atomic mass is 16.5. The molecule has 1 saturated heterocycles. The van der Waals surface area contributed by atoms with Crippen LogP contribution in [0.2, 0.25) is 0 Å². The molecule has 2 heterocycles. The van der Waals surface area contributed by atoms with Crippen molar-refractivity contribution in [2.45, 2.75) is 57.2 Å². The number of carboxylic acid groups (broad SMARTS) is 1. The van der Waals surface area contributed by atoms with E-state index in [9.17, 15) is 33.6 Å². The van der Waals surface area contributed by atoms with E-state index in [4.69, 9.17) is 9.84 Å². The number of fused-ring (bicyclic) bond motifs is 3. The van der Waals surface area contributed by atoms with Crippen molar-refractivity contribution in [3.05, 3.63) is 143 Å². The van der Waals surface area contributed by atoms with Crippen LogP contribution in [0.25, 0.3) is 11.1 Å². The van der Waals surface area contributed by atoms with E-state index in [2.05, 4.69) is 44.2 Å². The summed E-state index contributed by atoms with van der Waals surface area (Å²) >= 11 is 0. The molecule has 0 unspecified atom stereocenters. The van der Waals surface area contributed by atoms with Gasteiger partial charge in [-0.05, 0) is 71.2 Å². The highest BCUT2D eigenvalue weighted by Gasteiger charge is 2.44. The molecule has 0 aliphatic carbocycles. The SMILES string of the molecule is [NH3+]CCOCCNC(=O)[C@@H]1CCNC(=O)/C=C/C(=O)N2CCC[C@](Cc3ccccc3)(C2)C(=O)N[C@@H](Cc2ccc(-c3ccc(C#CC(=O)O)cc3)cc2)C(=O)NCc2ccccc2CC(=O)N1. The third kappa shape index (κ3) is 14.7. The topological polar surface area (TPSA) is 240 Å². The number of carboxylic acids is 1. The van der Waals surface area contributed by atoms with Crippen LogP contribution in [0.3, 0.4) is 0 Å². The van der Waals surface area contributed by atoms with Gasteiger partial charge in [0.25, 0.3) is 0 Å². The van der Waals surface area contributed by atoms with Crippen molar-refractivity contribution < 1.29 is 49.1 Å². The Hall–Kier alpha value is -7.61. The molecule has 2 aliphatic rings. The molecule has 0 aromatic heterocycles. The molecule has 2 aliphatic heterocycles. The maximum absolute atomic E-state index is 14.9. The molecule has 3 atom stereocenters.